The van der Waals surface area contributed by atoms with Crippen LogP contribution < -0.4 is 16.0 Å². The van der Waals surface area contributed by atoms with Crippen LogP contribution in [-0.4, -0.2) is 21.8 Å². The Kier molecular flexibility index (Phi) is 5.46. The van der Waals surface area contributed by atoms with Crippen LogP contribution in [0, 0.1) is 6.92 Å². The number of hydrogen-bond donors (Lipinski definition) is 3. The maximum Gasteiger partial charge on any atom is 0.274 e. The van der Waals surface area contributed by atoms with Crippen LogP contribution in [0.3, 0.4) is 0 Å². The number of aryl methyl sites for hydroxylation is 1. The van der Waals surface area contributed by atoms with Crippen LogP contribution in [0.25, 0.3) is 0 Å². The molecule has 1 aromatic carbocycles. The first kappa shape index (κ1) is 18.1. The zero-order valence-corrected chi connectivity index (χ0v) is 14.9. The summed E-state index contributed by atoms with van der Waals surface area (Å²) in [7, 11) is 0. The lowest BCUT2D eigenvalue weighted by Gasteiger charge is -2.09. The van der Waals surface area contributed by atoms with Crippen molar-refractivity contribution in [2.24, 2.45) is 0 Å². The van der Waals surface area contributed by atoms with Gasteiger partial charge in [0.1, 0.15) is 23.1 Å². The summed E-state index contributed by atoms with van der Waals surface area (Å²) >= 11 is 0. The molecule has 3 aromatic rings. The molecule has 8 heteroatoms. The number of furan rings is 1. The topological polar surface area (TPSA) is 109 Å². The number of anilines is 3. The first-order valence-corrected chi connectivity index (χ1v) is 8.30. The zero-order valence-electron chi connectivity index (χ0n) is 14.9. The molecule has 0 atom stereocenters. The summed E-state index contributed by atoms with van der Waals surface area (Å²) in [6, 6.07) is 12.0. The van der Waals surface area contributed by atoms with Gasteiger partial charge in [-0.25, -0.2) is 9.97 Å². The summed E-state index contributed by atoms with van der Waals surface area (Å²) in [6.45, 7) is 3.61. The van der Waals surface area contributed by atoms with E-state index in [9.17, 15) is 9.59 Å². The molecular formula is C19H19N5O3. The molecule has 2 heterocycles. The summed E-state index contributed by atoms with van der Waals surface area (Å²) < 4.78 is 5.26. The van der Waals surface area contributed by atoms with Gasteiger partial charge in [-0.15, -0.1) is 0 Å². The SMILES string of the molecule is CC(=O)Nc1ccc(NC(=O)c2cc(NCc3ccco3)nc(C)n2)cc1. The third-order valence-electron chi connectivity index (χ3n) is 3.56. The normalized spacial score (nSPS) is 10.3. The Bertz CT molecular complexity index is 936. The molecule has 0 saturated carbocycles. The molecule has 0 fully saturated rings. The van der Waals surface area contributed by atoms with E-state index < -0.39 is 0 Å². The molecule has 0 aliphatic carbocycles. The quantitative estimate of drug-likeness (QED) is 0.619. The minimum atomic E-state index is -0.353. The van der Waals surface area contributed by atoms with E-state index in [0.29, 0.717) is 29.6 Å². The van der Waals surface area contributed by atoms with Gasteiger partial charge in [-0.1, -0.05) is 0 Å². The number of nitrogens with one attached hydrogen (secondary N) is 3. The monoisotopic (exact) mass is 365 g/mol. The lowest BCUT2D eigenvalue weighted by atomic mass is 10.2. The van der Waals surface area contributed by atoms with Gasteiger partial charge in [-0.3, -0.25) is 9.59 Å². The van der Waals surface area contributed by atoms with E-state index in [4.69, 9.17) is 4.42 Å². The van der Waals surface area contributed by atoms with Gasteiger partial charge >= 0.3 is 0 Å². The second-order valence-electron chi connectivity index (χ2n) is 5.83. The van der Waals surface area contributed by atoms with Gasteiger partial charge in [-0.05, 0) is 43.3 Å². The number of benzene rings is 1. The predicted molar refractivity (Wildman–Crippen MR) is 102 cm³/mol. The van der Waals surface area contributed by atoms with Gasteiger partial charge in [0.25, 0.3) is 5.91 Å². The summed E-state index contributed by atoms with van der Waals surface area (Å²) in [5.41, 5.74) is 1.49. The van der Waals surface area contributed by atoms with Crippen molar-refractivity contribution in [2.75, 3.05) is 16.0 Å². The van der Waals surface area contributed by atoms with Crippen molar-refractivity contribution in [3.05, 3.63) is 66.0 Å². The molecule has 3 N–H and O–H groups in total. The first-order valence-electron chi connectivity index (χ1n) is 8.30. The molecule has 0 radical (unpaired) electrons. The fourth-order valence-corrected chi connectivity index (χ4v) is 2.40. The van der Waals surface area contributed by atoms with Gasteiger partial charge in [0.05, 0.1) is 12.8 Å². The molecule has 2 aromatic heterocycles. The first-order chi connectivity index (χ1) is 13.0. The van der Waals surface area contributed by atoms with E-state index in [1.165, 1.54) is 6.92 Å². The summed E-state index contributed by atoms with van der Waals surface area (Å²) in [5, 5.41) is 8.55. The van der Waals surface area contributed by atoms with Gasteiger partial charge < -0.3 is 20.4 Å². The Morgan fingerprint density at radius 3 is 2.37 bits per heavy atom. The molecule has 0 saturated heterocycles. The van der Waals surface area contributed by atoms with Crippen molar-refractivity contribution in [3.63, 3.8) is 0 Å². The van der Waals surface area contributed by atoms with Crippen molar-refractivity contribution >= 4 is 29.0 Å². The third kappa shape index (κ3) is 5.15. The molecule has 2 amide bonds. The molecule has 0 unspecified atom stereocenters. The second-order valence-corrected chi connectivity index (χ2v) is 5.83. The van der Waals surface area contributed by atoms with Gasteiger partial charge in [-0.2, -0.15) is 0 Å². The Hall–Kier alpha value is -3.68. The fraction of sp³-hybridized carbons (Fsp3) is 0.158. The molecule has 27 heavy (non-hydrogen) atoms. The molecule has 3 rings (SSSR count). The molecule has 0 bridgehead atoms. The van der Waals surface area contributed by atoms with Crippen LogP contribution in [0.4, 0.5) is 17.2 Å². The maximum absolute atomic E-state index is 12.5. The number of nitrogens with zero attached hydrogens (tertiary/aromatic N) is 2. The second kappa shape index (κ2) is 8.13. The largest absolute Gasteiger partial charge is 0.467 e. The number of carbonyl (C=O) groups is 2. The number of carbonyl (C=O) groups excluding carboxylic acids is 2. The van der Waals surface area contributed by atoms with E-state index >= 15 is 0 Å². The average molecular weight is 365 g/mol. The number of amides is 2. The van der Waals surface area contributed by atoms with E-state index in [-0.39, 0.29) is 17.5 Å². The van der Waals surface area contributed by atoms with Crippen LogP contribution >= 0.6 is 0 Å². The molecular weight excluding hydrogens is 346 g/mol. The Morgan fingerprint density at radius 2 is 1.74 bits per heavy atom. The van der Waals surface area contributed by atoms with Gasteiger partial charge in [0, 0.05) is 24.4 Å². The van der Waals surface area contributed by atoms with Crippen molar-refractivity contribution in [1.29, 1.82) is 0 Å². The highest BCUT2D eigenvalue weighted by Crippen LogP contribution is 2.15. The van der Waals surface area contributed by atoms with Crippen molar-refractivity contribution in [1.82, 2.24) is 9.97 Å². The molecule has 0 spiro atoms. The van der Waals surface area contributed by atoms with E-state index in [0.717, 1.165) is 5.76 Å². The summed E-state index contributed by atoms with van der Waals surface area (Å²) in [6.07, 6.45) is 1.60. The number of rotatable bonds is 6. The number of aromatic nitrogens is 2. The highest BCUT2D eigenvalue weighted by atomic mass is 16.3. The van der Waals surface area contributed by atoms with Crippen LogP contribution in [0.1, 0.15) is 29.0 Å². The average Bonchev–Trinajstić information content (AvgIpc) is 3.14. The van der Waals surface area contributed by atoms with Crippen LogP contribution in [-0.2, 0) is 11.3 Å². The van der Waals surface area contributed by atoms with Crippen molar-refractivity contribution < 1.29 is 14.0 Å². The van der Waals surface area contributed by atoms with Crippen LogP contribution in [0.5, 0.6) is 0 Å². The third-order valence-corrected chi connectivity index (χ3v) is 3.56. The zero-order chi connectivity index (χ0) is 19.2. The standard InChI is InChI=1S/C19H19N5O3/c1-12-21-17(10-18(22-12)20-11-16-4-3-9-27-16)19(26)24-15-7-5-14(6-8-15)23-13(2)25/h3-10H,11H2,1-2H3,(H,23,25)(H,24,26)(H,20,21,22). The minimum Gasteiger partial charge on any atom is -0.467 e. The van der Waals surface area contributed by atoms with Gasteiger partial charge in [0.2, 0.25) is 5.91 Å². The Labute approximate surface area is 156 Å². The summed E-state index contributed by atoms with van der Waals surface area (Å²) in [5.74, 6) is 1.26. The van der Waals surface area contributed by atoms with E-state index in [2.05, 4.69) is 25.9 Å². The van der Waals surface area contributed by atoms with Crippen molar-refractivity contribution in [2.45, 2.75) is 20.4 Å². The highest BCUT2D eigenvalue weighted by molar-refractivity contribution is 6.03. The van der Waals surface area contributed by atoms with Crippen LogP contribution in [0.2, 0.25) is 0 Å². The molecule has 0 aliphatic rings. The fourth-order valence-electron chi connectivity index (χ4n) is 2.40. The smallest absolute Gasteiger partial charge is 0.274 e. The van der Waals surface area contributed by atoms with Crippen molar-refractivity contribution in [3.8, 4) is 0 Å². The van der Waals surface area contributed by atoms with E-state index in [1.54, 1.807) is 49.6 Å². The number of hydrogen-bond acceptors (Lipinski definition) is 6. The van der Waals surface area contributed by atoms with E-state index in [1.807, 2.05) is 6.07 Å². The highest BCUT2D eigenvalue weighted by Gasteiger charge is 2.11. The lowest BCUT2D eigenvalue weighted by molar-refractivity contribution is -0.114. The molecule has 138 valence electrons. The predicted octanol–water partition coefficient (Wildman–Crippen LogP) is 3.20. The Morgan fingerprint density at radius 1 is 1.04 bits per heavy atom. The van der Waals surface area contributed by atoms with Gasteiger partial charge in [0.15, 0.2) is 0 Å². The lowest BCUT2D eigenvalue weighted by Crippen LogP contribution is -2.16. The summed E-state index contributed by atoms with van der Waals surface area (Å²) in [4.78, 5) is 32.0. The van der Waals surface area contributed by atoms with Crippen LogP contribution in [0.15, 0.2) is 53.1 Å². The molecule has 0 aliphatic heterocycles. The Balaban J connectivity index is 1.67. The maximum atomic E-state index is 12.5. The minimum absolute atomic E-state index is 0.155. The molecule has 8 nitrogen and oxygen atoms in total.